The van der Waals surface area contributed by atoms with E-state index in [0.717, 1.165) is 13.1 Å². The number of ether oxygens (including phenoxy) is 3. The number of benzene rings is 2. The standard InChI is InChI=1S/C26H29FN4O6S/c1-35-23-14-21(17-28-18-23)30-38(33,34)25-7-6-22(37-13-10-31-8-11-36-12-9-31)15-24(25)26(32)29-16-19-2-4-20(27)5-3-19/h2-7,14-15,17-18,30H,8-13,16H2,1H3,(H,29,32). The molecule has 0 unspecified atom stereocenters. The molecule has 2 N–H and O–H groups in total. The number of anilines is 1. The smallest absolute Gasteiger partial charge is 0.262 e. The molecule has 10 nitrogen and oxygen atoms in total. The second-order valence-electron chi connectivity index (χ2n) is 8.49. The molecule has 1 fully saturated rings. The average molecular weight is 545 g/mol. The van der Waals surface area contributed by atoms with Gasteiger partial charge in [-0.1, -0.05) is 12.1 Å². The highest BCUT2D eigenvalue weighted by molar-refractivity contribution is 7.92. The van der Waals surface area contributed by atoms with Gasteiger partial charge in [-0.05, 0) is 35.9 Å². The molecule has 2 aromatic carbocycles. The Balaban J connectivity index is 1.55. The number of rotatable bonds is 11. The molecule has 1 amide bonds. The minimum Gasteiger partial charge on any atom is -0.495 e. The number of hydrogen-bond donors (Lipinski definition) is 2. The molecule has 2 heterocycles. The van der Waals surface area contributed by atoms with Crippen molar-refractivity contribution < 1.29 is 31.8 Å². The monoisotopic (exact) mass is 544 g/mol. The van der Waals surface area contributed by atoms with Crippen LogP contribution in [0.1, 0.15) is 15.9 Å². The lowest BCUT2D eigenvalue weighted by Gasteiger charge is -2.26. The Morgan fingerprint density at radius 3 is 2.58 bits per heavy atom. The van der Waals surface area contributed by atoms with Crippen molar-refractivity contribution in [2.75, 3.05) is 51.3 Å². The van der Waals surface area contributed by atoms with Gasteiger partial charge in [-0.15, -0.1) is 0 Å². The number of nitrogens with one attached hydrogen (secondary N) is 2. The molecule has 38 heavy (non-hydrogen) atoms. The summed E-state index contributed by atoms with van der Waals surface area (Å²) < 4.78 is 58.6. The van der Waals surface area contributed by atoms with Gasteiger partial charge in [0.1, 0.15) is 28.8 Å². The van der Waals surface area contributed by atoms with Gasteiger partial charge in [-0.3, -0.25) is 19.4 Å². The molecule has 1 aromatic heterocycles. The normalized spacial score (nSPS) is 14.1. The molecule has 1 aliphatic rings. The van der Waals surface area contributed by atoms with Crippen LogP contribution in [0.5, 0.6) is 11.5 Å². The van der Waals surface area contributed by atoms with Crippen LogP contribution in [-0.2, 0) is 21.3 Å². The molecule has 0 bridgehead atoms. The molecule has 4 rings (SSSR count). The van der Waals surface area contributed by atoms with Gasteiger partial charge in [-0.25, -0.2) is 12.8 Å². The minimum atomic E-state index is -4.19. The van der Waals surface area contributed by atoms with Crippen LogP contribution >= 0.6 is 0 Å². The zero-order valence-corrected chi connectivity index (χ0v) is 21.7. The van der Waals surface area contributed by atoms with Crippen molar-refractivity contribution in [3.05, 3.63) is 77.9 Å². The molecule has 0 radical (unpaired) electrons. The number of amides is 1. The van der Waals surface area contributed by atoms with Crippen LogP contribution in [0.15, 0.2) is 65.8 Å². The summed E-state index contributed by atoms with van der Waals surface area (Å²) in [7, 11) is -2.75. The van der Waals surface area contributed by atoms with E-state index in [2.05, 4.69) is 19.9 Å². The van der Waals surface area contributed by atoms with Gasteiger partial charge in [0.25, 0.3) is 15.9 Å². The van der Waals surface area contributed by atoms with Crippen molar-refractivity contribution in [1.82, 2.24) is 15.2 Å². The molecule has 1 saturated heterocycles. The third-order valence-electron chi connectivity index (χ3n) is 5.83. The number of nitrogens with zero attached hydrogens (tertiary/aromatic N) is 2. The number of carbonyl (C=O) groups excluding carboxylic acids is 1. The maximum Gasteiger partial charge on any atom is 0.262 e. The van der Waals surface area contributed by atoms with Crippen molar-refractivity contribution in [3.63, 3.8) is 0 Å². The van der Waals surface area contributed by atoms with Crippen LogP contribution in [0.25, 0.3) is 0 Å². The number of halogens is 1. The molecule has 202 valence electrons. The Bertz CT molecular complexity index is 1350. The maximum atomic E-state index is 13.3. The largest absolute Gasteiger partial charge is 0.495 e. The van der Waals surface area contributed by atoms with E-state index in [0.29, 0.717) is 43.4 Å². The highest BCUT2D eigenvalue weighted by atomic mass is 32.2. The van der Waals surface area contributed by atoms with Crippen LogP contribution in [0.4, 0.5) is 10.1 Å². The first kappa shape index (κ1) is 27.3. The number of aromatic nitrogens is 1. The van der Waals surface area contributed by atoms with E-state index in [1.54, 1.807) is 0 Å². The highest BCUT2D eigenvalue weighted by Crippen LogP contribution is 2.25. The summed E-state index contributed by atoms with van der Waals surface area (Å²) in [5.74, 6) is -0.302. The number of morpholine rings is 1. The van der Waals surface area contributed by atoms with Gasteiger partial charge in [0.05, 0.1) is 44.0 Å². The number of carbonyl (C=O) groups is 1. The van der Waals surface area contributed by atoms with Gasteiger partial charge in [0, 0.05) is 32.2 Å². The van der Waals surface area contributed by atoms with E-state index < -0.39 is 21.7 Å². The fourth-order valence-corrected chi connectivity index (χ4v) is 5.02. The van der Waals surface area contributed by atoms with Crippen LogP contribution in [0.3, 0.4) is 0 Å². The first-order chi connectivity index (χ1) is 18.3. The van der Waals surface area contributed by atoms with Crippen LogP contribution < -0.4 is 19.5 Å². The van der Waals surface area contributed by atoms with Crippen LogP contribution in [0.2, 0.25) is 0 Å². The van der Waals surface area contributed by atoms with Gasteiger partial charge >= 0.3 is 0 Å². The average Bonchev–Trinajstić information content (AvgIpc) is 2.93. The first-order valence-electron chi connectivity index (χ1n) is 12.0. The lowest BCUT2D eigenvalue weighted by atomic mass is 10.1. The van der Waals surface area contributed by atoms with E-state index >= 15 is 0 Å². The topological polar surface area (TPSA) is 119 Å². The second-order valence-corrected chi connectivity index (χ2v) is 10.1. The molecule has 12 heteroatoms. The molecule has 0 saturated carbocycles. The molecular weight excluding hydrogens is 515 g/mol. The fraction of sp³-hybridized carbons (Fsp3) is 0.308. The van der Waals surface area contributed by atoms with E-state index in [9.17, 15) is 17.6 Å². The van der Waals surface area contributed by atoms with E-state index in [1.165, 1.54) is 68.0 Å². The lowest BCUT2D eigenvalue weighted by Crippen LogP contribution is -2.38. The van der Waals surface area contributed by atoms with Crippen molar-refractivity contribution in [2.45, 2.75) is 11.4 Å². The fourth-order valence-electron chi connectivity index (χ4n) is 3.80. The predicted molar refractivity (Wildman–Crippen MR) is 138 cm³/mol. The minimum absolute atomic E-state index is 0.0773. The Hall–Kier alpha value is -3.74. The van der Waals surface area contributed by atoms with Crippen LogP contribution in [-0.4, -0.2) is 70.8 Å². The summed E-state index contributed by atoms with van der Waals surface area (Å²) in [6.07, 6.45) is 2.77. The molecule has 0 atom stereocenters. The summed E-state index contributed by atoms with van der Waals surface area (Å²) in [6, 6.07) is 11.4. The summed E-state index contributed by atoms with van der Waals surface area (Å²) in [6.45, 7) is 4.05. The lowest BCUT2D eigenvalue weighted by molar-refractivity contribution is 0.0322. The van der Waals surface area contributed by atoms with Crippen molar-refractivity contribution in [1.29, 1.82) is 0 Å². The SMILES string of the molecule is COc1cncc(NS(=O)(=O)c2ccc(OCCN3CCOCC3)cc2C(=O)NCc2ccc(F)cc2)c1. The second kappa shape index (κ2) is 12.7. The van der Waals surface area contributed by atoms with Crippen LogP contribution in [0, 0.1) is 5.82 Å². The van der Waals surface area contributed by atoms with E-state index in [1.807, 2.05) is 0 Å². The van der Waals surface area contributed by atoms with Crippen molar-refractivity contribution >= 4 is 21.6 Å². The van der Waals surface area contributed by atoms with Gasteiger partial charge < -0.3 is 19.5 Å². The van der Waals surface area contributed by atoms with Gasteiger partial charge in [0.2, 0.25) is 0 Å². The number of hydrogen-bond acceptors (Lipinski definition) is 8. The third-order valence-corrected chi connectivity index (χ3v) is 7.27. The summed E-state index contributed by atoms with van der Waals surface area (Å²) >= 11 is 0. The van der Waals surface area contributed by atoms with Gasteiger partial charge in [0.15, 0.2) is 0 Å². The first-order valence-corrected chi connectivity index (χ1v) is 13.4. The Labute approximate surface area is 220 Å². The van der Waals surface area contributed by atoms with E-state index in [4.69, 9.17) is 14.2 Å². The van der Waals surface area contributed by atoms with E-state index in [-0.39, 0.29) is 22.7 Å². The number of methoxy groups -OCH3 is 1. The van der Waals surface area contributed by atoms with Crippen molar-refractivity contribution in [3.8, 4) is 11.5 Å². The Kier molecular flexibility index (Phi) is 9.10. The number of sulfonamides is 1. The zero-order chi connectivity index (χ0) is 27.0. The Morgan fingerprint density at radius 2 is 1.84 bits per heavy atom. The summed E-state index contributed by atoms with van der Waals surface area (Å²) in [5.41, 5.74) is 0.731. The molecular formula is C26H29FN4O6S. The molecule has 0 spiro atoms. The molecule has 0 aliphatic carbocycles. The highest BCUT2D eigenvalue weighted by Gasteiger charge is 2.24. The summed E-state index contributed by atoms with van der Waals surface area (Å²) in [4.78, 5) is 19.1. The zero-order valence-electron chi connectivity index (χ0n) is 20.9. The van der Waals surface area contributed by atoms with Gasteiger partial charge in [-0.2, -0.15) is 0 Å². The van der Waals surface area contributed by atoms with Crippen molar-refractivity contribution in [2.24, 2.45) is 0 Å². The Morgan fingerprint density at radius 1 is 1.08 bits per heavy atom. The third kappa shape index (κ3) is 7.40. The number of pyridine rings is 1. The summed E-state index contributed by atoms with van der Waals surface area (Å²) in [5, 5.41) is 2.70. The molecule has 3 aromatic rings. The predicted octanol–water partition coefficient (Wildman–Crippen LogP) is 2.67. The quantitative estimate of drug-likeness (QED) is 0.378. The molecule has 1 aliphatic heterocycles. The maximum absolute atomic E-state index is 13.3.